The van der Waals surface area contributed by atoms with Crippen molar-refractivity contribution in [2.75, 3.05) is 13.2 Å². The van der Waals surface area contributed by atoms with E-state index >= 15 is 0 Å². The first-order chi connectivity index (χ1) is 11.4. The Balaban J connectivity index is 1.86. The minimum atomic E-state index is -0.952. The monoisotopic (exact) mass is 354 g/mol. The maximum Gasteiger partial charge on any atom is 0.325 e. The number of halogens is 1. The average molecular weight is 355 g/mol. The summed E-state index contributed by atoms with van der Waals surface area (Å²) in [7, 11) is 0. The SMILES string of the molecule is CCC1(CC)NC(=O)N(CC(O)COCc2ccccc2Cl)C1=O. The van der Waals surface area contributed by atoms with Gasteiger partial charge in [0.2, 0.25) is 0 Å². The van der Waals surface area contributed by atoms with Crippen molar-refractivity contribution < 1.29 is 19.4 Å². The van der Waals surface area contributed by atoms with Gasteiger partial charge in [0.05, 0.1) is 25.9 Å². The molecule has 6 nitrogen and oxygen atoms in total. The molecule has 1 atom stereocenters. The number of imide groups is 1. The van der Waals surface area contributed by atoms with Crippen LogP contribution in [0.5, 0.6) is 0 Å². The van der Waals surface area contributed by atoms with E-state index in [4.69, 9.17) is 16.3 Å². The van der Waals surface area contributed by atoms with Gasteiger partial charge in [0.1, 0.15) is 5.54 Å². The number of nitrogens with one attached hydrogen (secondary N) is 1. The van der Waals surface area contributed by atoms with Crippen molar-refractivity contribution in [2.24, 2.45) is 0 Å². The van der Waals surface area contributed by atoms with Crippen LogP contribution in [0.25, 0.3) is 0 Å². The van der Waals surface area contributed by atoms with Gasteiger partial charge in [-0.15, -0.1) is 0 Å². The number of carbonyl (C=O) groups is 2. The lowest BCUT2D eigenvalue weighted by Crippen LogP contribution is -2.46. The Morgan fingerprint density at radius 2 is 1.96 bits per heavy atom. The Kier molecular flexibility index (Phi) is 6.21. The highest BCUT2D eigenvalue weighted by molar-refractivity contribution is 6.31. The normalized spacial score (nSPS) is 17.9. The molecule has 2 N–H and O–H groups in total. The number of hydrogen-bond donors (Lipinski definition) is 2. The molecule has 132 valence electrons. The summed E-state index contributed by atoms with van der Waals surface area (Å²) in [5.41, 5.74) is -0.0350. The molecule has 7 heteroatoms. The Morgan fingerprint density at radius 1 is 1.29 bits per heavy atom. The van der Waals surface area contributed by atoms with Crippen LogP contribution in [0.3, 0.4) is 0 Å². The third kappa shape index (κ3) is 3.88. The van der Waals surface area contributed by atoms with Crippen LogP contribution in [0.4, 0.5) is 4.79 Å². The zero-order valence-corrected chi connectivity index (χ0v) is 14.7. The predicted molar refractivity (Wildman–Crippen MR) is 90.7 cm³/mol. The van der Waals surface area contributed by atoms with Gasteiger partial charge in [0, 0.05) is 5.02 Å². The number of nitrogens with zero attached hydrogens (tertiary/aromatic N) is 1. The number of aliphatic hydroxyl groups excluding tert-OH is 1. The molecule has 1 fully saturated rings. The third-order valence-corrected chi connectivity index (χ3v) is 4.74. The fourth-order valence-electron chi connectivity index (χ4n) is 2.76. The first kappa shape index (κ1) is 18.7. The van der Waals surface area contributed by atoms with E-state index in [-0.39, 0.29) is 25.7 Å². The zero-order valence-electron chi connectivity index (χ0n) is 13.9. The van der Waals surface area contributed by atoms with Gasteiger partial charge in [-0.1, -0.05) is 43.6 Å². The van der Waals surface area contributed by atoms with E-state index in [0.29, 0.717) is 17.9 Å². The summed E-state index contributed by atoms with van der Waals surface area (Å²) >= 11 is 6.03. The van der Waals surface area contributed by atoms with Gasteiger partial charge in [-0.05, 0) is 24.5 Å². The second kappa shape index (κ2) is 7.96. The summed E-state index contributed by atoms with van der Waals surface area (Å²) in [6.07, 6.45) is 0.0829. The second-order valence-electron chi connectivity index (χ2n) is 5.90. The summed E-state index contributed by atoms with van der Waals surface area (Å²) in [5.74, 6) is -0.289. The predicted octanol–water partition coefficient (Wildman–Crippen LogP) is 2.33. The molecule has 1 unspecified atom stereocenters. The molecule has 0 spiro atoms. The van der Waals surface area contributed by atoms with Crippen molar-refractivity contribution in [3.63, 3.8) is 0 Å². The molecule has 0 saturated carbocycles. The molecule has 1 aromatic carbocycles. The largest absolute Gasteiger partial charge is 0.389 e. The van der Waals surface area contributed by atoms with Crippen molar-refractivity contribution in [3.8, 4) is 0 Å². The number of aliphatic hydroxyl groups is 1. The van der Waals surface area contributed by atoms with Gasteiger partial charge in [0.15, 0.2) is 0 Å². The van der Waals surface area contributed by atoms with Crippen molar-refractivity contribution in [3.05, 3.63) is 34.9 Å². The van der Waals surface area contributed by atoms with Crippen LogP contribution in [-0.4, -0.2) is 46.7 Å². The molecule has 24 heavy (non-hydrogen) atoms. The van der Waals surface area contributed by atoms with Crippen LogP contribution in [-0.2, 0) is 16.1 Å². The Morgan fingerprint density at radius 3 is 2.54 bits per heavy atom. The summed E-state index contributed by atoms with van der Waals surface area (Å²) in [6, 6.07) is 6.81. The van der Waals surface area contributed by atoms with Crippen LogP contribution in [0.2, 0.25) is 5.02 Å². The number of benzene rings is 1. The van der Waals surface area contributed by atoms with Gasteiger partial charge < -0.3 is 15.2 Å². The minimum absolute atomic E-state index is 0.00747. The zero-order chi connectivity index (χ0) is 17.7. The summed E-state index contributed by atoms with van der Waals surface area (Å²) < 4.78 is 5.44. The topological polar surface area (TPSA) is 78.9 Å². The Bertz CT molecular complexity index is 604. The molecule has 1 saturated heterocycles. The van der Waals surface area contributed by atoms with Gasteiger partial charge in [-0.2, -0.15) is 0 Å². The molecule has 0 radical (unpaired) electrons. The molecule has 0 aromatic heterocycles. The van der Waals surface area contributed by atoms with Crippen molar-refractivity contribution in [1.82, 2.24) is 10.2 Å². The number of ether oxygens (including phenoxy) is 1. The highest BCUT2D eigenvalue weighted by Crippen LogP contribution is 2.25. The first-order valence-corrected chi connectivity index (χ1v) is 8.44. The number of β-amino-alcohol motifs (C(OH)–C–C–N with tert-alkyl or cyclic N) is 1. The molecular weight excluding hydrogens is 332 g/mol. The molecule has 1 heterocycles. The lowest BCUT2D eigenvalue weighted by Gasteiger charge is -2.23. The van der Waals surface area contributed by atoms with E-state index in [0.717, 1.165) is 10.5 Å². The van der Waals surface area contributed by atoms with E-state index in [1.807, 2.05) is 32.0 Å². The van der Waals surface area contributed by atoms with E-state index in [1.54, 1.807) is 6.07 Å². The maximum absolute atomic E-state index is 12.4. The van der Waals surface area contributed by atoms with Crippen molar-refractivity contribution in [2.45, 2.75) is 44.9 Å². The fourth-order valence-corrected chi connectivity index (χ4v) is 2.95. The molecule has 2 rings (SSSR count). The van der Waals surface area contributed by atoms with E-state index in [9.17, 15) is 14.7 Å². The molecule has 3 amide bonds. The Hall–Kier alpha value is -1.63. The number of urea groups is 1. The molecule has 1 aliphatic heterocycles. The molecule has 0 bridgehead atoms. The first-order valence-electron chi connectivity index (χ1n) is 8.06. The average Bonchev–Trinajstić information content (AvgIpc) is 2.81. The van der Waals surface area contributed by atoms with Crippen LogP contribution in [0.1, 0.15) is 32.3 Å². The smallest absolute Gasteiger partial charge is 0.325 e. The number of rotatable bonds is 8. The molecular formula is C17H23ClN2O4. The lowest BCUT2D eigenvalue weighted by atomic mass is 9.93. The number of hydrogen-bond acceptors (Lipinski definition) is 4. The van der Waals surface area contributed by atoms with E-state index in [1.165, 1.54) is 0 Å². The van der Waals surface area contributed by atoms with Gasteiger partial charge in [-0.25, -0.2) is 4.79 Å². The van der Waals surface area contributed by atoms with Gasteiger partial charge in [0.25, 0.3) is 5.91 Å². The molecule has 0 aliphatic carbocycles. The summed E-state index contributed by atoms with van der Waals surface area (Å²) in [6.45, 7) is 3.88. The number of carbonyl (C=O) groups excluding carboxylic acids is 2. The van der Waals surface area contributed by atoms with Gasteiger partial charge >= 0.3 is 6.03 Å². The summed E-state index contributed by atoms with van der Waals surface area (Å²) in [4.78, 5) is 25.5. The van der Waals surface area contributed by atoms with Crippen LogP contribution in [0, 0.1) is 0 Å². The second-order valence-corrected chi connectivity index (χ2v) is 6.30. The van der Waals surface area contributed by atoms with E-state index in [2.05, 4.69) is 5.32 Å². The van der Waals surface area contributed by atoms with Crippen LogP contribution < -0.4 is 5.32 Å². The van der Waals surface area contributed by atoms with Gasteiger partial charge in [-0.3, -0.25) is 9.69 Å². The lowest BCUT2D eigenvalue weighted by molar-refractivity contribution is -0.133. The Labute approximate surface area is 146 Å². The van der Waals surface area contributed by atoms with E-state index < -0.39 is 17.7 Å². The molecule has 1 aliphatic rings. The third-order valence-electron chi connectivity index (χ3n) is 4.37. The van der Waals surface area contributed by atoms with Crippen LogP contribution in [0.15, 0.2) is 24.3 Å². The summed E-state index contributed by atoms with van der Waals surface area (Å²) in [5, 5.41) is 13.4. The minimum Gasteiger partial charge on any atom is -0.389 e. The van der Waals surface area contributed by atoms with Crippen molar-refractivity contribution in [1.29, 1.82) is 0 Å². The maximum atomic E-state index is 12.4. The van der Waals surface area contributed by atoms with Crippen molar-refractivity contribution >= 4 is 23.5 Å². The number of amides is 3. The fraction of sp³-hybridized carbons (Fsp3) is 0.529. The standard InChI is InChI=1S/C17H23ClN2O4/c1-3-17(4-2)15(22)20(16(23)19-17)9-13(21)11-24-10-12-7-5-6-8-14(12)18/h5-8,13,21H,3-4,9-11H2,1-2H3,(H,19,23). The highest BCUT2D eigenvalue weighted by Gasteiger charge is 2.48. The quantitative estimate of drug-likeness (QED) is 0.702. The molecule has 1 aromatic rings. The van der Waals surface area contributed by atoms with Crippen LogP contribution >= 0.6 is 11.6 Å². The highest BCUT2D eigenvalue weighted by atomic mass is 35.5.